The number of oxime groups is 2. The van der Waals surface area contributed by atoms with E-state index in [2.05, 4.69) is 20.5 Å². The van der Waals surface area contributed by atoms with E-state index in [1.165, 1.54) is 0 Å². The normalized spacial score (nSPS) is 17.2. The Bertz CT molecular complexity index is 782. The van der Waals surface area contributed by atoms with Gasteiger partial charge in [0.05, 0.1) is 0 Å². The molecule has 0 aliphatic carbocycles. The molecule has 0 aliphatic rings. The summed E-state index contributed by atoms with van der Waals surface area (Å²) in [5.41, 5.74) is 11.5. The van der Waals surface area contributed by atoms with Crippen LogP contribution < -0.4 is 11.5 Å². The zero-order chi connectivity index (χ0) is 20.6. The highest BCUT2D eigenvalue weighted by Crippen LogP contribution is 2.24. The van der Waals surface area contributed by atoms with Gasteiger partial charge in [-0.25, -0.2) is 0 Å². The van der Waals surface area contributed by atoms with Gasteiger partial charge in [-0.05, 0) is 25.0 Å². The van der Waals surface area contributed by atoms with Crippen LogP contribution in [0.1, 0.15) is 25.0 Å². The fourth-order valence-electron chi connectivity index (χ4n) is 2.78. The van der Waals surface area contributed by atoms with Gasteiger partial charge >= 0.3 is 0 Å². The van der Waals surface area contributed by atoms with E-state index in [4.69, 9.17) is 11.5 Å². The Labute approximate surface area is 164 Å². The van der Waals surface area contributed by atoms with E-state index in [0.29, 0.717) is 12.8 Å². The lowest BCUT2D eigenvalue weighted by Gasteiger charge is -2.27. The molecule has 6 N–H and O–H groups in total. The standard InChI is InChI=1S/C20H26N6O2/c1-19(17(21)23-27,13-15-9-5-3-6-10-15)25-26-20(2,18(22)24-28)14-16-11-7-4-8-12-16/h3-12,27-28H,13-14H2,1-2H3,(H2,21,23)(H2,22,24). The summed E-state index contributed by atoms with van der Waals surface area (Å²) in [6.45, 7) is 3.43. The first-order valence-electron chi connectivity index (χ1n) is 8.81. The summed E-state index contributed by atoms with van der Waals surface area (Å²) in [4.78, 5) is 0. The maximum absolute atomic E-state index is 9.24. The molecule has 0 saturated carbocycles. The van der Waals surface area contributed by atoms with Crippen LogP contribution in [0.2, 0.25) is 0 Å². The van der Waals surface area contributed by atoms with Gasteiger partial charge in [-0.3, -0.25) is 0 Å². The largest absolute Gasteiger partial charge is 0.409 e. The monoisotopic (exact) mass is 382 g/mol. The Morgan fingerprint density at radius 1 is 0.714 bits per heavy atom. The maximum atomic E-state index is 9.24. The first-order chi connectivity index (χ1) is 13.3. The Morgan fingerprint density at radius 2 is 1.04 bits per heavy atom. The van der Waals surface area contributed by atoms with Crippen LogP contribution in [0.5, 0.6) is 0 Å². The second kappa shape index (κ2) is 8.98. The predicted octanol–water partition coefficient (Wildman–Crippen LogP) is 2.93. The molecule has 2 aromatic rings. The first-order valence-corrected chi connectivity index (χ1v) is 8.81. The number of benzene rings is 2. The van der Waals surface area contributed by atoms with Crippen molar-refractivity contribution in [1.82, 2.24) is 0 Å². The predicted molar refractivity (Wildman–Crippen MR) is 109 cm³/mol. The average molecular weight is 382 g/mol. The molecule has 0 aliphatic heterocycles. The van der Waals surface area contributed by atoms with E-state index in [0.717, 1.165) is 11.1 Å². The van der Waals surface area contributed by atoms with Crippen molar-refractivity contribution in [2.24, 2.45) is 32.0 Å². The molecule has 2 atom stereocenters. The Morgan fingerprint density at radius 3 is 1.32 bits per heavy atom. The first kappa shape index (κ1) is 20.9. The van der Waals surface area contributed by atoms with Crippen molar-refractivity contribution in [3.05, 3.63) is 71.8 Å². The van der Waals surface area contributed by atoms with E-state index in [1.54, 1.807) is 13.8 Å². The third kappa shape index (κ3) is 5.06. The smallest absolute Gasteiger partial charge is 0.169 e. The van der Waals surface area contributed by atoms with Crippen molar-refractivity contribution in [2.75, 3.05) is 0 Å². The SMILES string of the molecule is CC(Cc1ccccc1)(N=NC(C)(Cc1ccccc1)C(N)=NO)C(N)=NO. The maximum Gasteiger partial charge on any atom is 0.169 e. The molecule has 0 aromatic heterocycles. The van der Waals surface area contributed by atoms with Gasteiger partial charge in [0.1, 0.15) is 11.1 Å². The minimum atomic E-state index is -1.11. The van der Waals surface area contributed by atoms with Gasteiger partial charge in [0.15, 0.2) is 11.7 Å². The fraction of sp³-hybridized carbons (Fsp3) is 0.300. The highest BCUT2D eigenvalue weighted by atomic mass is 16.4. The highest BCUT2D eigenvalue weighted by molar-refractivity contribution is 5.91. The molecule has 8 heteroatoms. The molecule has 0 spiro atoms. The minimum absolute atomic E-state index is 0.0818. The van der Waals surface area contributed by atoms with Crippen LogP contribution in [0.15, 0.2) is 81.2 Å². The lowest BCUT2D eigenvalue weighted by molar-refractivity contribution is 0.308. The van der Waals surface area contributed by atoms with Crippen molar-refractivity contribution >= 4 is 11.7 Å². The van der Waals surface area contributed by atoms with Crippen molar-refractivity contribution in [2.45, 2.75) is 37.8 Å². The van der Waals surface area contributed by atoms with Gasteiger partial charge in [0, 0.05) is 12.8 Å². The van der Waals surface area contributed by atoms with Crippen molar-refractivity contribution < 1.29 is 10.4 Å². The number of nitrogens with two attached hydrogens (primary N) is 2. The number of rotatable bonds is 8. The van der Waals surface area contributed by atoms with Crippen molar-refractivity contribution in [3.8, 4) is 0 Å². The van der Waals surface area contributed by atoms with Crippen LogP contribution in [-0.4, -0.2) is 33.2 Å². The van der Waals surface area contributed by atoms with E-state index >= 15 is 0 Å². The number of azo groups is 1. The summed E-state index contributed by atoms with van der Waals surface area (Å²) < 4.78 is 0. The molecule has 0 amide bonds. The second-order valence-electron chi connectivity index (χ2n) is 7.04. The molecule has 2 rings (SSSR count). The van der Waals surface area contributed by atoms with E-state index in [-0.39, 0.29) is 11.7 Å². The van der Waals surface area contributed by atoms with Crippen LogP contribution in [0.4, 0.5) is 0 Å². The number of amidine groups is 2. The zero-order valence-electron chi connectivity index (χ0n) is 16.0. The molecular formula is C20H26N6O2. The molecule has 8 nitrogen and oxygen atoms in total. The van der Waals surface area contributed by atoms with Crippen LogP contribution in [0.25, 0.3) is 0 Å². The molecule has 2 unspecified atom stereocenters. The molecule has 2 aromatic carbocycles. The van der Waals surface area contributed by atoms with Gasteiger partial charge in [-0.15, -0.1) is 0 Å². The number of nitrogens with zero attached hydrogens (tertiary/aromatic N) is 4. The summed E-state index contributed by atoms with van der Waals surface area (Å²) in [5.74, 6) is -0.164. The molecule has 0 radical (unpaired) electrons. The molecule has 28 heavy (non-hydrogen) atoms. The Hall–Kier alpha value is -3.42. The molecular weight excluding hydrogens is 356 g/mol. The second-order valence-corrected chi connectivity index (χ2v) is 7.04. The van der Waals surface area contributed by atoms with Gasteiger partial charge in [0.25, 0.3) is 0 Å². The zero-order valence-corrected chi connectivity index (χ0v) is 16.0. The summed E-state index contributed by atoms with van der Waals surface area (Å²) >= 11 is 0. The fourth-order valence-corrected chi connectivity index (χ4v) is 2.78. The molecule has 0 heterocycles. The lowest BCUT2D eigenvalue weighted by Crippen LogP contribution is -2.45. The Kier molecular flexibility index (Phi) is 6.70. The molecule has 0 saturated heterocycles. The molecule has 0 fully saturated rings. The van der Waals surface area contributed by atoms with Gasteiger partial charge < -0.3 is 21.9 Å². The van der Waals surface area contributed by atoms with Crippen molar-refractivity contribution in [1.29, 1.82) is 0 Å². The summed E-state index contributed by atoms with van der Waals surface area (Å²) in [6, 6.07) is 19.1. The van der Waals surface area contributed by atoms with E-state index in [1.807, 2.05) is 60.7 Å². The topological polar surface area (TPSA) is 142 Å². The van der Waals surface area contributed by atoms with Gasteiger partial charge in [-0.1, -0.05) is 71.0 Å². The third-order valence-corrected chi connectivity index (χ3v) is 4.59. The van der Waals surface area contributed by atoms with Crippen LogP contribution in [0.3, 0.4) is 0 Å². The number of hydrogen-bond acceptors (Lipinski definition) is 6. The van der Waals surface area contributed by atoms with Crippen LogP contribution >= 0.6 is 0 Å². The summed E-state index contributed by atoms with van der Waals surface area (Å²) in [6.07, 6.45) is 0.732. The quantitative estimate of drug-likeness (QED) is 0.183. The van der Waals surface area contributed by atoms with E-state index in [9.17, 15) is 10.4 Å². The average Bonchev–Trinajstić information content (AvgIpc) is 2.72. The Balaban J connectivity index is 2.40. The van der Waals surface area contributed by atoms with Crippen molar-refractivity contribution in [3.63, 3.8) is 0 Å². The van der Waals surface area contributed by atoms with Crippen LogP contribution in [-0.2, 0) is 12.8 Å². The minimum Gasteiger partial charge on any atom is -0.409 e. The van der Waals surface area contributed by atoms with Crippen LogP contribution in [0, 0.1) is 0 Å². The van der Waals surface area contributed by atoms with Gasteiger partial charge in [-0.2, -0.15) is 10.2 Å². The number of hydrogen-bond donors (Lipinski definition) is 4. The van der Waals surface area contributed by atoms with E-state index < -0.39 is 11.1 Å². The summed E-state index contributed by atoms with van der Waals surface area (Å²) in [5, 5.41) is 33.5. The molecule has 0 bridgehead atoms. The molecule has 148 valence electrons. The third-order valence-electron chi connectivity index (χ3n) is 4.59. The summed E-state index contributed by atoms with van der Waals surface area (Å²) in [7, 11) is 0. The lowest BCUT2D eigenvalue weighted by atomic mass is 9.91. The highest BCUT2D eigenvalue weighted by Gasteiger charge is 2.35. The van der Waals surface area contributed by atoms with Gasteiger partial charge in [0.2, 0.25) is 0 Å².